The SMILES string of the molecule is CC(C)N(CC(N)=O)C(=O)CC(O)c1ccc(Cl)cc1. The smallest absolute Gasteiger partial charge is 0.237 e. The van der Waals surface area contributed by atoms with Gasteiger partial charge in [-0.3, -0.25) is 9.59 Å². The Morgan fingerprint density at radius 3 is 2.30 bits per heavy atom. The van der Waals surface area contributed by atoms with Gasteiger partial charge in [0, 0.05) is 11.1 Å². The molecule has 5 nitrogen and oxygen atoms in total. The van der Waals surface area contributed by atoms with Crippen molar-refractivity contribution in [3.63, 3.8) is 0 Å². The van der Waals surface area contributed by atoms with E-state index in [1.165, 1.54) is 4.90 Å². The number of halogens is 1. The second-order valence-electron chi connectivity index (χ2n) is 4.85. The minimum absolute atomic E-state index is 0.104. The maximum atomic E-state index is 12.1. The van der Waals surface area contributed by atoms with Crippen molar-refractivity contribution in [3.8, 4) is 0 Å². The third-order valence-electron chi connectivity index (χ3n) is 2.89. The Hall–Kier alpha value is -1.59. The summed E-state index contributed by atoms with van der Waals surface area (Å²) < 4.78 is 0. The summed E-state index contributed by atoms with van der Waals surface area (Å²) in [6.07, 6.45) is -1.04. The van der Waals surface area contributed by atoms with Gasteiger partial charge in [0.1, 0.15) is 0 Å². The molecular weight excluding hydrogens is 280 g/mol. The van der Waals surface area contributed by atoms with E-state index < -0.39 is 12.0 Å². The summed E-state index contributed by atoms with van der Waals surface area (Å²) in [6, 6.07) is 6.46. The van der Waals surface area contributed by atoms with E-state index in [9.17, 15) is 14.7 Å². The van der Waals surface area contributed by atoms with Crippen LogP contribution in [0.25, 0.3) is 0 Å². The van der Waals surface area contributed by atoms with Crippen LogP contribution in [0.1, 0.15) is 31.9 Å². The van der Waals surface area contributed by atoms with Gasteiger partial charge in [0.15, 0.2) is 0 Å². The summed E-state index contributed by atoms with van der Waals surface area (Å²) in [5.41, 5.74) is 5.72. The fraction of sp³-hybridized carbons (Fsp3) is 0.429. The van der Waals surface area contributed by atoms with Crippen LogP contribution in [0.15, 0.2) is 24.3 Å². The third kappa shape index (κ3) is 4.83. The van der Waals surface area contributed by atoms with Crippen molar-refractivity contribution in [2.75, 3.05) is 6.54 Å². The third-order valence-corrected chi connectivity index (χ3v) is 3.14. The fourth-order valence-electron chi connectivity index (χ4n) is 1.81. The molecule has 1 rings (SSSR count). The van der Waals surface area contributed by atoms with Crippen molar-refractivity contribution in [2.45, 2.75) is 32.4 Å². The van der Waals surface area contributed by atoms with Crippen LogP contribution in [-0.2, 0) is 9.59 Å². The molecule has 110 valence electrons. The Labute approximate surface area is 123 Å². The van der Waals surface area contributed by atoms with E-state index in [0.717, 1.165) is 0 Å². The van der Waals surface area contributed by atoms with E-state index in [-0.39, 0.29) is 24.9 Å². The van der Waals surface area contributed by atoms with Crippen molar-refractivity contribution in [2.24, 2.45) is 5.73 Å². The zero-order valence-electron chi connectivity index (χ0n) is 11.5. The number of aliphatic hydroxyl groups is 1. The molecule has 0 aliphatic heterocycles. The fourth-order valence-corrected chi connectivity index (χ4v) is 1.94. The predicted octanol–water partition coefficient (Wildman–Crippen LogP) is 1.49. The molecule has 1 aromatic carbocycles. The zero-order valence-corrected chi connectivity index (χ0v) is 12.3. The molecule has 6 heteroatoms. The van der Waals surface area contributed by atoms with Gasteiger partial charge in [-0.25, -0.2) is 0 Å². The summed E-state index contributed by atoms with van der Waals surface area (Å²) in [7, 11) is 0. The first-order chi connectivity index (χ1) is 9.31. The number of aliphatic hydroxyl groups excluding tert-OH is 1. The topological polar surface area (TPSA) is 83.6 Å². The summed E-state index contributed by atoms with van der Waals surface area (Å²) >= 11 is 5.76. The van der Waals surface area contributed by atoms with E-state index >= 15 is 0 Å². The lowest BCUT2D eigenvalue weighted by Crippen LogP contribution is -2.43. The first kappa shape index (κ1) is 16.5. The lowest BCUT2D eigenvalue weighted by Gasteiger charge is -2.26. The molecule has 1 unspecified atom stereocenters. The van der Waals surface area contributed by atoms with Crippen LogP contribution in [0.2, 0.25) is 5.02 Å². The maximum Gasteiger partial charge on any atom is 0.237 e. The number of hydrogen-bond donors (Lipinski definition) is 2. The molecule has 0 aliphatic rings. The minimum atomic E-state index is -0.936. The standard InChI is InChI=1S/C14H19ClN2O3/c1-9(2)17(8-13(16)19)14(20)7-12(18)10-3-5-11(15)6-4-10/h3-6,9,12,18H,7-8H2,1-2H3,(H2,16,19). The van der Waals surface area contributed by atoms with Crippen molar-refractivity contribution in [1.29, 1.82) is 0 Å². The lowest BCUT2D eigenvalue weighted by atomic mass is 10.1. The van der Waals surface area contributed by atoms with E-state index in [0.29, 0.717) is 10.6 Å². The van der Waals surface area contributed by atoms with Gasteiger partial charge in [-0.15, -0.1) is 0 Å². The van der Waals surface area contributed by atoms with Gasteiger partial charge in [0.2, 0.25) is 11.8 Å². The van der Waals surface area contributed by atoms with Crippen molar-refractivity contribution in [3.05, 3.63) is 34.9 Å². The largest absolute Gasteiger partial charge is 0.388 e. The lowest BCUT2D eigenvalue weighted by molar-refractivity contribution is -0.138. The van der Waals surface area contributed by atoms with E-state index in [1.54, 1.807) is 38.1 Å². The van der Waals surface area contributed by atoms with Crippen LogP contribution in [0.3, 0.4) is 0 Å². The molecule has 0 spiro atoms. The Morgan fingerprint density at radius 2 is 1.85 bits per heavy atom. The maximum absolute atomic E-state index is 12.1. The van der Waals surface area contributed by atoms with Crippen LogP contribution in [0.4, 0.5) is 0 Å². The molecule has 0 saturated carbocycles. The van der Waals surface area contributed by atoms with Crippen LogP contribution < -0.4 is 5.73 Å². The number of carbonyl (C=O) groups is 2. The number of carbonyl (C=O) groups excluding carboxylic acids is 2. The molecule has 3 N–H and O–H groups in total. The molecule has 0 aliphatic carbocycles. The molecule has 0 aromatic heterocycles. The summed E-state index contributed by atoms with van der Waals surface area (Å²) in [6.45, 7) is 3.43. The van der Waals surface area contributed by atoms with Crippen LogP contribution in [-0.4, -0.2) is 34.4 Å². The van der Waals surface area contributed by atoms with Crippen molar-refractivity contribution < 1.29 is 14.7 Å². The summed E-state index contributed by atoms with van der Waals surface area (Å²) in [4.78, 5) is 24.4. The highest BCUT2D eigenvalue weighted by Crippen LogP contribution is 2.20. The number of hydrogen-bond acceptors (Lipinski definition) is 3. The molecule has 2 amide bonds. The monoisotopic (exact) mass is 298 g/mol. The molecule has 0 bridgehead atoms. The van der Waals surface area contributed by atoms with Crippen molar-refractivity contribution >= 4 is 23.4 Å². The Kier molecular flexibility index (Phi) is 5.98. The highest BCUT2D eigenvalue weighted by molar-refractivity contribution is 6.30. The average Bonchev–Trinajstić information content (AvgIpc) is 2.35. The normalized spacial score (nSPS) is 12.2. The van der Waals surface area contributed by atoms with Gasteiger partial charge in [-0.2, -0.15) is 0 Å². The molecular formula is C14H19ClN2O3. The van der Waals surface area contributed by atoms with Crippen LogP contribution >= 0.6 is 11.6 Å². The van der Waals surface area contributed by atoms with Crippen LogP contribution in [0.5, 0.6) is 0 Å². The number of rotatable bonds is 6. The molecule has 0 radical (unpaired) electrons. The van der Waals surface area contributed by atoms with Crippen molar-refractivity contribution in [1.82, 2.24) is 4.90 Å². The highest BCUT2D eigenvalue weighted by atomic mass is 35.5. The Bertz CT molecular complexity index is 474. The van der Waals surface area contributed by atoms with E-state index in [2.05, 4.69) is 0 Å². The molecule has 0 fully saturated rings. The zero-order chi connectivity index (χ0) is 15.3. The van der Waals surface area contributed by atoms with Gasteiger partial charge in [-0.05, 0) is 31.5 Å². The Balaban J connectivity index is 2.72. The molecule has 1 atom stereocenters. The van der Waals surface area contributed by atoms with E-state index in [4.69, 9.17) is 17.3 Å². The first-order valence-electron chi connectivity index (χ1n) is 6.32. The quantitative estimate of drug-likeness (QED) is 0.834. The average molecular weight is 299 g/mol. The summed E-state index contributed by atoms with van der Waals surface area (Å²) in [5, 5.41) is 10.6. The second-order valence-corrected chi connectivity index (χ2v) is 5.29. The Morgan fingerprint density at radius 1 is 1.30 bits per heavy atom. The van der Waals surface area contributed by atoms with Crippen LogP contribution in [0, 0.1) is 0 Å². The van der Waals surface area contributed by atoms with Gasteiger partial charge >= 0.3 is 0 Å². The second kappa shape index (κ2) is 7.26. The van der Waals surface area contributed by atoms with Gasteiger partial charge in [0.05, 0.1) is 19.1 Å². The number of nitrogens with zero attached hydrogens (tertiary/aromatic N) is 1. The molecule has 20 heavy (non-hydrogen) atoms. The first-order valence-corrected chi connectivity index (χ1v) is 6.70. The van der Waals surface area contributed by atoms with E-state index in [1.807, 2.05) is 0 Å². The predicted molar refractivity (Wildman–Crippen MR) is 77.1 cm³/mol. The summed E-state index contributed by atoms with van der Waals surface area (Å²) in [5.74, 6) is -0.894. The number of benzene rings is 1. The van der Waals surface area contributed by atoms with Gasteiger partial charge in [-0.1, -0.05) is 23.7 Å². The number of nitrogens with two attached hydrogens (primary N) is 1. The highest BCUT2D eigenvalue weighted by Gasteiger charge is 2.22. The molecule has 0 heterocycles. The number of amides is 2. The number of primary amides is 1. The van der Waals surface area contributed by atoms with Gasteiger partial charge < -0.3 is 15.7 Å². The minimum Gasteiger partial charge on any atom is -0.388 e. The molecule has 0 saturated heterocycles. The van der Waals surface area contributed by atoms with Gasteiger partial charge in [0.25, 0.3) is 0 Å². The molecule has 1 aromatic rings.